The molecule has 0 unspecified atom stereocenters. The molecule has 3 amide bonds. The summed E-state index contributed by atoms with van der Waals surface area (Å²) in [6.45, 7) is 0.408. The zero-order chi connectivity index (χ0) is 15.9. The van der Waals surface area contributed by atoms with Gasteiger partial charge in [0, 0.05) is 7.05 Å². The van der Waals surface area contributed by atoms with Crippen LogP contribution in [0.1, 0.15) is 11.6 Å². The molecule has 0 spiro atoms. The summed E-state index contributed by atoms with van der Waals surface area (Å²) < 4.78 is 10.5. The van der Waals surface area contributed by atoms with Crippen LogP contribution in [0.15, 0.2) is 29.5 Å². The molecule has 0 fully saturated rings. The minimum Gasteiger partial charge on any atom is -0.493 e. The van der Waals surface area contributed by atoms with Crippen molar-refractivity contribution in [2.24, 2.45) is 0 Å². The third-order valence-corrected chi connectivity index (χ3v) is 3.87. The molecule has 2 N–H and O–H groups in total. The molecule has 22 heavy (non-hydrogen) atoms. The van der Waals surface area contributed by atoms with Crippen LogP contribution in [-0.4, -0.2) is 44.7 Å². The van der Waals surface area contributed by atoms with Crippen molar-refractivity contribution >= 4 is 11.9 Å². The predicted molar refractivity (Wildman–Crippen MR) is 78.6 cm³/mol. The van der Waals surface area contributed by atoms with Gasteiger partial charge < -0.3 is 25.0 Å². The maximum absolute atomic E-state index is 12.3. The number of benzene rings is 1. The van der Waals surface area contributed by atoms with Crippen LogP contribution in [0.2, 0.25) is 0 Å². The van der Waals surface area contributed by atoms with E-state index < -0.39 is 6.04 Å². The summed E-state index contributed by atoms with van der Waals surface area (Å²) in [4.78, 5) is 25.7. The van der Waals surface area contributed by atoms with Gasteiger partial charge in [0.25, 0.3) is 5.91 Å². The minimum absolute atomic E-state index is 0.0951. The summed E-state index contributed by atoms with van der Waals surface area (Å²) in [5, 5.41) is 5.49. The summed E-state index contributed by atoms with van der Waals surface area (Å²) in [5.74, 6) is 1.05. The standard InChI is InChI=1S/C15H17N3O4/c1-18-7-9-12(14(18)19)13(17-15(20)16-9)8-4-5-10(21-2)11(6-8)22-3/h4-6,13H,7H2,1-3H3,(H2,16,17,20)/t13-/m1/s1. The molecule has 1 aromatic carbocycles. The first kappa shape index (κ1) is 14.2. The number of ether oxygens (including phenoxy) is 2. The van der Waals surface area contributed by atoms with Crippen molar-refractivity contribution in [1.29, 1.82) is 0 Å². The topological polar surface area (TPSA) is 79.9 Å². The van der Waals surface area contributed by atoms with Crippen LogP contribution in [0, 0.1) is 0 Å². The van der Waals surface area contributed by atoms with E-state index in [4.69, 9.17) is 9.47 Å². The molecule has 1 aromatic rings. The second-order valence-corrected chi connectivity index (χ2v) is 5.20. The Hall–Kier alpha value is -2.70. The van der Waals surface area contributed by atoms with Crippen LogP contribution < -0.4 is 20.1 Å². The van der Waals surface area contributed by atoms with Gasteiger partial charge in [0.05, 0.1) is 38.1 Å². The lowest BCUT2D eigenvalue weighted by atomic mass is 9.96. The van der Waals surface area contributed by atoms with Crippen molar-refractivity contribution in [2.45, 2.75) is 6.04 Å². The summed E-state index contributed by atoms with van der Waals surface area (Å²) in [5.41, 5.74) is 1.98. The maximum atomic E-state index is 12.3. The quantitative estimate of drug-likeness (QED) is 0.865. The fourth-order valence-electron chi connectivity index (χ4n) is 2.79. The van der Waals surface area contributed by atoms with E-state index in [-0.39, 0.29) is 11.9 Å². The Balaban J connectivity index is 2.05. The Kier molecular flexibility index (Phi) is 3.40. The first-order valence-corrected chi connectivity index (χ1v) is 6.83. The molecule has 0 saturated heterocycles. The molecule has 0 saturated carbocycles. The number of nitrogens with zero attached hydrogens (tertiary/aromatic N) is 1. The van der Waals surface area contributed by atoms with E-state index in [0.717, 1.165) is 5.56 Å². The highest BCUT2D eigenvalue weighted by Crippen LogP contribution is 2.36. The summed E-state index contributed by atoms with van der Waals surface area (Å²) in [6, 6.07) is 4.52. The van der Waals surface area contributed by atoms with Crippen molar-refractivity contribution in [1.82, 2.24) is 15.5 Å². The number of nitrogens with one attached hydrogen (secondary N) is 2. The molecule has 0 bridgehead atoms. The number of hydrogen-bond donors (Lipinski definition) is 2. The number of likely N-dealkylation sites (N-methyl/N-ethyl adjacent to an activating group) is 1. The molecule has 0 radical (unpaired) electrons. The van der Waals surface area contributed by atoms with Crippen LogP contribution in [0.4, 0.5) is 4.79 Å². The third kappa shape index (κ3) is 2.14. The van der Waals surface area contributed by atoms with E-state index in [2.05, 4.69) is 10.6 Å². The molecule has 0 aromatic heterocycles. The molecule has 0 aliphatic carbocycles. The highest BCUT2D eigenvalue weighted by Gasteiger charge is 2.39. The molecular weight excluding hydrogens is 286 g/mol. The SMILES string of the molecule is COc1ccc([C@H]2NC(=O)NC3=C2C(=O)N(C)C3)cc1OC. The molecule has 2 aliphatic rings. The average Bonchev–Trinajstić information content (AvgIpc) is 2.80. The van der Waals surface area contributed by atoms with Crippen molar-refractivity contribution in [3.63, 3.8) is 0 Å². The zero-order valence-corrected chi connectivity index (χ0v) is 12.6. The highest BCUT2D eigenvalue weighted by atomic mass is 16.5. The van der Waals surface area contributed by atoms with Gasteiger partial charge in [-0.25, -0.2) is 4.79 Å². The predicted octanol–water partition coefficient (Wildman–Crippen LogP) is 0.784. The van der Waals surface area contributed by atoms with E-state index in [9.17, 15) is 9.59 Å². The number of urea groups is 1. The summed E-state index contributed by atoms with van der Waals surface area (Å²) >= 11 is 0. The van der Waals surface area contributed by atoms with Crippen LogP contribution >= 0.6 is 0 Å². The Morgan fingerprint density at radius 2 is 1.91 bits per heavy atom. The molecule has 2 aliphatic heterocycles. The number of carbonyl (C=O) groups excluding carboxylic acids is 2. The fourth-order valence-corrected chi connectivity index (χ4v) is 2.79. The van der Waals surface area contributed by atoms with E-state index in [1.54, 1.807) is 38.3 Å². The highest BCUT2D eigenvalue weighted by molar-refractivity contribution is 6.01. The van der Waals surface area contributed by atoms with Crippen LogP contribution in [-0.2, 0) is 4.79 Å². The maximum Gasteiger partial charge on any atom is 0.319 e. The van der Waals surface area contributed by atoms with E-state index in [1.165, 1.54) is 0 Å². The lowest BCUT2D eigenvalue weighted by Crippen LogP contribution is -2.44. The van der Waals surface area contributed by atoms with E-state index in [1.807, 2.05) is 6.07 Å². The second-order valence-electron chi connectivity index (χ2n) is 5.20. The van der Waals surface area contributed by atoms with Gasteiger partial charge in [-0.15, -0.1) is 0 Å². The number of rotatable bonds is 3. The van der Waals surface area contributed by atoms with Crippen molar-refractivity contribution < 1.29 is 19.1 Å². The largest absolute Gasteiger partial charge is 0.493 e. The average molecular weight is 303 g/mol. The third-order valence-electron chi connectivity index (χ3n) is 3.87. The molecule has 7 nitrogen and oxygen atoms in total. The zero-order valence-electron chi connectivity index (χ0n) is 12.6. The van der Waals surface area contributed by atoms with Crippen molar-refractivity contribution in [3.05, 3.63) is 35.0 Å². The van der Waals surface area contributed by atoms with Gasteiger partial charge in [-0.1, -0.05) is 6.07 Å². The number of hydrogen-bond acceptors (Lipinski definition) is 4. The van der Waals surface area contributed by atoms with Gasteiger partial charge in [-0.2, -0.15) is 0 Å². The minimum atomic E-state index is -0.499. The normalized spacial score (nSPS) is 20.5. The first-order valence-electron chi connectivity index (χ1n) is 6.83. The lowest BCUT2D eigenvalue weighted by Gasteiger charge is -2.26. The number of amides is 3. The van der Waals surface area contributed by atoms with Gasteiger partial charge in [-0.05, 0) is 17.7 Å². The Bertz CT molecular complexity index is 683. The van der Waals surface area contributed by atoms with Gasteiger partial charge >= 0.3 is 6.03 Å². The van der Waals surface area contributed by atoms with Gasteiger partial charge in [-0.3, -0.25) is 4.79 Å². The Morgan fingerprint density at radius 1 is 1.18 bits per heavy atom. The summed E-state index contributed by atoms with van der Waals surface area (Å²) in [6.07, 6.45) is 0. The smallest absolute Gasteiger partial charge is 0.319 e. The monoisotopic (exact) mass is 303 g/mol. The van der Waals surface area contributed by atoms with E-state index >= 15 is 0 Å². The molecule has 116 valence electrons. The van der Waals surface area contributed by atoms with Crippen molar-refractivity contribution in [3.8, 4) is 11.5 Å². The Labute approximate surface area is 127 Å². The van der Waals surface area contributed by atoms with Crippen LogP contribution in [0.5, 0.6) is 11.5 Å². The second kappa shape index (κ2) is 5.25. The van der Waals surface area contributed by atoms with Gasteiger partial charge in [0.2, 0.25) is 0 Å². The first-order chi connectivity index (χ1) is 10.5. The molecule has 2 heterocycles. The molecule has 3 rings (SSSR count). The Morgan fingerprint density at radius 3 is 2.59 bits per heavy atom. The molecular formula is C15H17N3O4. The molecule has 1 atom stereocenters. The number of carbonyl (C=O) groups is 2. The molecule has 7 heteroatoms. The summed E-state index contributed by atoms with van der Waals surface area (Å²) in [7, 11) is 4.81. The lowest BCUT2D eigenvalue weighted by molar-refractivity contribution is -0.124. The number of methoxy groups -OCH3 is 2. The van der Waals surface area contributed by atoms with Crippen LogP contribution in [0.3, 0.4) is 0 Å². The van der Waals surface area contributed by atoms with Gasteiger partial charge in [0.1, 0.15) is 0 Å². The van der Waals surface area contributed by atoms with E-state index in [0.29, 0.717) is 29.3 Å². The van der Waals surface area contributed by atoms with Crippen LogP contribution in [0.25, 0.3) is 0 Å². The van der Waals surface area contributed by atoms with Gasteiger partial charge in [0.15, 0.2) is 11.5 Å². The van der Waals surface area contributed by atoms with Crippen molar-refractivity contribution in [2.75, 3.05) is 27.8 Å². The fraction of sp³-hybridized carbons (Fsp3) is 0.333.